The second-order valence-corrected chi connectivity index (χ2v) is 3.56. The Hall–Kier alpha value is -0.960. The molecule has 0 saturated heterocycles. The minimum absolute atomic E-state index is 0.356. The van der Waals surface area contributed by atoms with Gasteiger partial charge in [0.1, 0.15) is 5.82 Å². The van der Waals surface area contributed by atoms with Crippen LogP contribution in [0.15, 0.2) is 18.5 Å². The Bertz CT molecular complexity index is 256. The van der Waals surface area contributed by atoms with Crippen molar-refractivity contribution in [1.82, 2.24) is 15.3 Å². The molecule has 1 aliphatic carbocycles. The molecule has 1 fully saturated rings. The third kappa shape index (κ3) is 1.70. The van der Waals surface area contributed by atoms with Crippen molar-refractivity contribution in [2.75, 3.05) is 7.05 Å². The molecule has 1 N–H and O–H groups in total. The topological polar surface area (TPSA) is 37.8 Å². The quantitative estimate of drug-likeness (QED) is 0.761. The molecule has 1 aromatic rings. The second-order valence-electron chi connectivity index (χ2n) is 3.56. The van der Waals surface area contributed by atoms with E-state index in [-0.39, 0.29) is 0 Å². The van der Waals surface area contributed by atoms with Crippen LogP contribution >= 0.6 is 0 Å². The maximum Gasteiger partial charge on any atom is 0.145 e. The van der Waals surface area contributed by atoms with E-state index in [0.29, 0.717) is 6.04 Å². The van der Waals surface area contributed by atoms with Crippen LogP contribution in [-0.2, 0) is 0 Å². The molecule has 0 amide bonds. The number of nitrogens with one attached hydrogen (secondary N) is 1. The van der Waals surface area contributed by atoms with Crippen LogP contribution in [0.2, 0.25) is 0 Å². The highest BCUT2D eigenvalue weighted by molar-refractivity contribution is 4.99. The lowest BCUT2D eigenvalue weighted by atomic mass is 9.79. The van der Waals surface area contributed by atoms with Gasteiger partial charge >= 0.3 is 0 Å². The largest absolute Gasteiger partial charge is 0.310 e. The summed E-state index contributed by atoms with van der Waals surface area (Å²) in [7, 11) is 1.99. The molecule has 0 aromatic carbocycles. The van der Waals surface area contributed by atoms with Crippen molar-refractivity contribution in [3.05, 3.63) is 24.3 Å². The molecular weight excluding hydrogens is 162 g/mol. The summed E-state index contributed by atoms with van der Waals surface area (Å²) in [4.78, 5) is 8.56. The van der Waals surface area contributed by atoms with Crippen molar-refractivity contribution in [3.63, 3.8) is 0 Å². The molecule has 1 aromatic heterocycles. The predicted molar refractivity (Wildman–Crippen MR) is 51.2 cm³/mol. The van der Waals surface area contributed by atoms with E-state index in [0.717, 1.165) is 11.7 Å². The average molecular weight is 177 g/mol. The number of rotatable bonds is 3. The fourth-order valence-electron chi connectivity index (χ4n) is 1.82. The van der Waals surface area contributed by atoms with Gasteiger partial charge < -0.3 is 5.32 Å². The molecule has 3 nitrogen and oxygen atoms in total. The van der Waals surface area contributed by atoms with Gasteiger partial charge in [-0.25, -0.2) is 9.97 Å². The molecule has 1 aliphatic rings. The predicted octanol–water partition coefficient (Wildman–Crippen LogP) is 1.54. The molecular formula is C10H15N3. The average Bonchev–Trinajstić information content (AvgIpc) is 2.12. The van der Waals surface area contributed by atoms with Crippen molar-refractivity contribution in [2.24, 2.45) is 5.92 Å². The van der Waals surface area contributed by atoms with E-state index in [4.69, 9.17) is 0 Å². The van der Waals surface area contributed by atoms with Crippen LogP contribution in [0.3, 0.4) is 0 Å². The lowest BCUT2D eigenvalue weighted by Crippen LogP contribution is -2.31. The highest BCUT2D eigenvalue weighted by Crippen LogP contribution is 2.35. The molecule has 1 saturated carbocycles. The summed E-state index contributed by atoms with van der Waals surface area (Å²) in [6, 6.07) is 2.21. The summed E-state index contributed by atoms with van der Waals surface area (Å²) in [5.41, 5.74) is 0. The maximum absolute atomic E-state index is 4.28. The first-order chi connectivity index (χ1) is 6.42. The molecule has 0 bridgehead atoms. The van der Waals surface area contributed by atoms with Crippen molar-refractivity contribution in [1.29, 1.82) is 0 Å². The van der Waals surface area contributed by atoms with E-state index in [1.165, 1.54) is 19.3 Å². The lowest BCUT2D eigenvalue weighted by Gasteiger charge is -2.32. The SMILES string of the molecule is CNC(c1ncccn1)C1CCC1. The monoisotopic (exact) mass is 177 g/mol. The standard InChI is InChI=1S/C10H15N3/c1-11-9(8-4-2-5-8)10-12-6-3-7-13-10/h3,6-9,11H,2,4-5H2,1H3. The van der Waals surface area contributed by atoms with Gasteiger partial charge in [0.25, 0.3) is 0 Å². The van der Waals surface area contributed by atoms with Gasteiger partial charge in [0, 0.05) is 12.4 Å². The zero-order chi connectivity index (χ0) is 9.10. The van der Waals surface area contributed by atoms with Crippen LogP contribution in [0, 0.1) is 5.92 Å². The van der Waals surface area contributed by atoms with Crippen LogP contribution in [0.25, 0.3) is 0 Å². The summed E-state index contributed by atoms with van der Waals surface area (Å²) in [5.74, 6) is 1.68. The third-order valence-corrected chi connectivity index (χ3v) is 2.80. The van der Waals surface area contributed by atoms with Crippen molar-refractivity contribution < 1.29 is 0 Å². The Kier molecular flexibility index (Phi) is 2.54. The summed E-state index contributed by atoms with van der Waals surface area (Å²) < 4.78 is 0. The summed E-state index contributed by atoms with van der Waals surface area (Å²) in [5, 5.41) is 3.30. The van der Waals surface area contributed by atoms with E-state index in [1.807, 2.05) is 25.5 Å². The van der Waals surface area contributed by atoms with Gasteiger partial charge in [-0.05, 0) is 31.9 Å². The minimum Gasteiger partial charge on any atom is -0.310 e. The molecule has 13 heavy (non-hydrogen) atoms. The molecule has 70 valence electrons. The van der Waals surface area contributed by atoms with Gasteiger partial charge in [0.05, 0.1) is 6.04 Å². The minimum atomic E-state index is 0.356. The van der Waals surface area contributed by atoms with Crippen LogP contribution in [0.4, 0.5) is 0 Å². The molecule has 2 rings (SSSR count). The smallest absolute Gasteiger partial charge is 0.145 e. The molecule has 0 aliphatic heterocycles. The lowest BCUT2D eigenvalue weighted by molar-refractivity contribution is 0.232. The third-order valence-electron chi connectivity index (χ3n) is 2.80. The maximum atomic E-state index is 4.28. The van der Waals surface area contributed by atoms with Gasteiger partial charge in [-0.2, -0.15) is 0 Å². The van der Waals surface area contributed by atoms with Crippen LogP contribution in [0.1, 0.15) is 31.1 Å². The number of aromatic nitrogens is 2. The Morgan fingerprint density at radius 3 is 2.54 bits per heavy atom. The summed E-state index contributed by atoms with van der Waals surface area (Å²) >= 11 is 0. The van der Waals surface area contributed by atoms with E-state index in [9.17, 15) is 0 Å². The zero-order valence-electron chi connectivity index (χ0n) is 7.90. The summed E-state index contributed by atoms with van der Waals surface area (Å²) in [6.45, 7) is 0. The fourth-order valence-corrected chi connectivity index (χ4v) is 1.82. The highest BCUT2D eigenvalue weighted by atomic mass is 15.0. The van der Waals surface area contributed by atoms with Crippen molar-refractivity contribution in [2.45, 2.75) is 25.3 Å². The molecule has 1 heterocycles. The normalized spacial score (nSPS) is 19.5. The molecule has 3 heteroatoms. The Labute approximate surface area is 78.6 Å². The first kappa shape index (κ1) is 8.63. The Balaban J connectivity index is 2.12. The number of nitrogens with zero attached hydrogens (tertiary/aromatic N) is 2. The number of hydrogen-bond acceptors (Lipinski definition) is 3. The van der Waals surface area contributed by atoms with Crippen molar-refractivity contribution >= 4 is 0 Å². The van der Waals surface area contributed by atoms with Gasteiger partial charge in [-0.3, -0.25) is 0 Å². The zero-order valence-corrected chi connectivity index (χ0v) is 7.90. The van der Waals surface area contributed by atoms with E-state index < -0.39 is 0 Å². The molecule has 1 unspecified atom stereocenters. The Morgan fingerprint density at radius 2 is 2.08 bits per heavy atom. The van der Waals surface area contributed by atoms with Crippen LogP contribution in [-0.4, -0.2) is 17.0 Å². The Morgan fingerprint density at radius 1 is 1.38 bits per heavy atom. The molecule has 0 spiro atoms. The van der Waals surface area contributed by atoms with Crippen molar-refractivity contribution in [3.8, 4) is 0 Å². The van der Waals surface area contributed by atoms with Gasteiger partial charge in [-0.1, -0.05) is 6.42 Å². The second kappa shape index (κ2) is 3.83. The first-order valence-electron chi connectivity index (χ1n) is 4.86. The van der Waals surface area contributed by atoms with Gasteiger partial charge in [0.2, 0.25) is 0 Å². The van der Waals surface area contributed by atoms with Gasteiger partial charge in [0.15, 0.2) is 0 Å². The van der Waals surface area contributed by atoms with E-state index in [1.54, 1.807) is 0 Å². The highest BCUT2D eigenvalue weighted by Gasteiger charge is 2.28. The van der Waals surface area contributed by atoms with Crippen LogP contribution in [0.5, 0.6) is 0 Å². The van der Waals surface area contributed by atoms with Crippen LogP contribution < -0.4 is 5.32 Å². The van der Waals surface area contributed by atoms with E-state index >= 15 is 0 Å². The number of hydrogen-bond donors (Lipinski definition) is 1. The summed E-state index contributed by atoms with van der Waals surface area (Å²) in [6.07, 6.45) is 7.60. The fraction of sp³-hybridized carbons (Fsp3) is 0.600. The first-order valence-corrected chi connectivity index (χ1v) is 4.86. The van der Waals surface area contributed by atoms with Gasteiger partial charge in [-0.15, -0.1) is 0 Å². The molecule has 1 atom stereocenters. The molecule has 0 radical (unpaired) electrons. The van der Waals surface area contributed by atoms with E-state index in [2.05, 4.69) is 15.3 Å².